The second-order valence-electron chi connectivity index (χ2n) is 6.75. The zero-order valence-corrected chi connectivity index (χ0v) is 13.1. The van der Waals surface area contributed by atoms with Gasteiger partial charge in [0.1, 0.15) is 5.75 Å². The minimum atomic E-state index is 0.520. The van der Waals surface area contributed by atoms with Crippen LogP contribution in [0.2, 0.25) is 0 Å². The topological polar surface area (TPSA) is 21.3 Å². The Hall–Kier alpha value is -1.02. The summed E-state index contributed by atoms with van der Waals surface area (Å²) in [6, 6.07) is 5.22. The van der Waals surface area contributed by atoms with E-state index < -0.39 is 0 Å². The van der Waals surface area contributed by atoms with E-state index in [1.54, 1.807) is 7.11 Å². The summed E-state index contributed by atoms with van der Waals surface area (Å²) in [5, 5.41) is 3.78. The van der Waals surface area contributed by atoms with Gasteiger partial charge in [-0.3, -0.25) is 0 Å². The Balaban J connectivity index is 1.95. The van der Waals surface area contributed by atoms with Crippen LogP contribution in [-0.2, 0) is 0 Å². The molecular weight excluding hydrogens is 246 g/mol. The third-order valence-corrected chi connectivity index (χ3v) is 5.45. The Kier molecular flexibility index (Phi) is 3.76. The van der Waals surface area contributed by atoms with Crippen LogP contribution in [0, 0.1) is 19.3 Å². The molecule has 1 saturated heterocycles. The Morgan fingerprint density at radius 1 is 1.05 bits per heavy atom. The first-order valence-electron chi connectivity index (χ1n) is 8.05. The molecule has 3 rings (SSSR count). The van der Waals surface area contributed by atoms with Crippen molar-refractivity contribution in [1.82, 2.24) is 5.32 Å². The second kappa shape index (κ2) is 5.40. The van der Waals surface area contributed by atoms with Gasteiger partial charge >= 0.3 is 0 Å². The first kappa shape index (κ1) is 13.9. The van der Waals surface area contributed by atoms with E-state index in [9.17, 15) is 0 Å². The zero-order chi connectivity index (χ0) is 14.2. The molecule has 20 heavy (non-hydrogen) atoms. The Labute approximate surface area is 122 Å². The number of ether oxygens (including phenoxy) is 1. The molecule has 1 saturated carbocycles. The molecule has 2 nitrogen and oxygen atoms in total. The Bertz CT molecular complexity index is 465. The summed E-state index contributed by atoms with van der Waals surface area (Å²) >= 11 is 0. The van der Waals surface area contributed by atoms with Crippen LogP contribution in [0.3, 0.4) is 0 Å². The first-order chi connectivity index (χ1) is 9.66. The number of benzene rings is 1. The molecular formula is C18H27NO. The molecule has 1 N–H and O–H groups in total. The number of nitrogens with one attached hydrogen (secondary N) is 1. The van der Waals surface area contributed by atoms with Crippen molar-refractivity contribution in [2.45, 2.75) is 58.4 Å². The third-order valence-electron chi connectivity index (χ3n) is 5.45. The van der Waals surface area contributed by atoms with Crippen molar-refractivity contribution < 1.29 is 4.74 Å². The quantitative estimate of drug-likeness (QED) is 0.867. The average molecular weight is 273 g/mol. The van der Waals surface area contributed by atoms with Crippen LogP contribution in [0.15, 0.2) is 12.1 Å². The van der Waals surface area contributed by atoms with E-state index in [1.807, 2.05) is 0 Å². The predicted molar refractivity (Wildman–Crippen MR) is 83.3 cm³/mol. The minimum Gasteiger partial charge on any atom is -0.496 e. The molecule has 110 valence electrons. The normalized spacial score (nSPS) is 25.1. The number of rotatable bonds is 2. The van der Waals surface area contributed by atoms with E-state index in [-0.39, 0.29) is 0 Å². The van der Waals surface area contributed by atoms with Crippen LogP contribution >= 0.6 is 0 Å². The summed E-state index contributed by atoms with van der Waals surface area (Å²) in [5.41, 5.74) is 4.52. The Morgan fingerprint density at radius 2 is 1.70 bits per heavy atom. The molecule has 1 atom stereocenters. The zero-order valence-electron chi connectivity index (χ0n) is 13.1. The highest BCUT2D eigenvalue weighted by molar-refractivity contribution is 5.45. The van der Waals surface area contributed by atoms with Crippen molar-refractivity contribution in [3.05, 3.63) is 28.8 Å². The maximum atomic E-state index is 5.51. The molecule has 2 fully saturated rings. The summed E-state index contributed by atoms with van der Waals surface area (Å²) in [5.74, 6) is 1.05. The Morgan fingerprint density at radius 3 is 2.30 bits per heavy atom. The highest BCUT2D eigenvalue weighted by Gasteiger charge is 2.43. The number of hydrogen-bond acceptors (Lipinski definition) is 2. The van der Waals surface area contributed by atoms with Gasteiger partial charge in [-0.05, 0) is 61.8 Å². The summed E-state index contributed by atoms with van der Waals surface area (Å²) in [7, 11) is 1.77. The van der Waals surface area contributed by atoms with E-state index in [1.165, 1.54) is 61.8 Å². The van der Waals surface area contributed by atoms with Crippen molar-refractivity contribution in [3.63, 3.8) is 0 Å². The fraction of sp³-hybridized carbons (Fsp3) is 0.667. The lowest BCUT2D eigenvalue weighted by Crippen LogP contribution is -2.31. The van der Waals surface area contributed by atoms with E-state index in [0.29, 0.717) is 11.5 Å². The molecule has 2 aliphatic rings. The van der Waals surface area contributed by atoms with Crippen LogP contribution < -0.4 is 10.1 Å². The lowest BCUT2D eigenvalue weighted by Gasteiger charge is -2.39. The van der Waals surface area contributed by atoms with Gasteiger partial charge in [0.2, 0.25) is 0 Å². The van der Waals surface area contributed by atoms with Gasteiger partial charge in [-0.25, -0.2) is 0 Å². The van der Waals surface area contributed by atoms with Crippen molar-refractivity contribution in [1.29, 1.82) is 0 Å². The van der Waals surface area contributed by atoms with Crippen LogP contribution in [0.4, 0.5) is 0 Å². The van der Waals surface area contributed by atoms with E-state index >= 15 is 0 Å². The molecule has 0 bridgehead atoms. The lowest BCUT2D eigenvalue weighted by atomic mass is 9.67. The molecule has 0 radical (unpaired) electrons. The molecule has 2 heteroatoms. The van der Waals surface area contributed by atoms with Gasteiger partial charge in [0.15, 0.2) is 0 Å². The van der Waals surface area contributed by atoms with Crippen LogP contribution in [0.5, 0.6) is 5.75 Å². The van der Waals surface area contributed by atoms with Gasteiger partial charge in [-0.1, -0.05) is 31.4 Å². The van der Waals surface area contributed by atoms with Gasteiger partial charge in [0.05, 0.1) is 7.11 Å². The highest BCUT2D eigenvalue weighted by Crippen LogP contribution is 2.51. The molecule has 1 aliphatic heterocycles. The van der Waals surface area contributed by atoms with E-state index in [0.717, 1.165) is 5.75 Å². The van der Waals surface area contributed by atoms with Crippen molar-refractivity contribution in [2.75, 3.05) is 13.7 Å². The maximum absolute atomic E-state index is 5.51. The molecule has 1 aromatic carbocycles. The number of aryl methyl sites for hydroxylation is 2. The summed E-state index contributed by atoms with van der Waals surface area (Å²) < 4.78 is 5.51. The largest absolute Gasteiger partial charge is 0.496 e. The summed E-state index contributed by atoms with van der Waals surface area (Å²) in [6.45, 7) is 5.50. The maximum Gasteiger partial charge on any atom is 0.124 e. The smallest absolute Gasteiger partial charge is 0.124 e. The van der Waals surface area contributed by atoms with Gasteiger partial charge in [0.25, 0.3) is 0 Å². The van der Waals surface area contributed by atoms with Gasteiger partial charge < -0.3 is 10.1 Å². The fourth-order valence-corrected chi connectivity index (χ4v) is 4.56. The molecule has 0 amide bonds. The monoisotopic (exact) mass is 273 g/mol. The third kappa shape index (κ3) is 2.24. The van der Waals surface area contributed by atoms with Crippen molar-refractivity contribution in [2.24, 2.45) is 5.41 Å². The lowest BCUT2D eigenvalue weighted by molar-refractivity contribution is 0.164. The average Bonchev–Trinajstić information content (AvgIpc) is 2.82. The van der Waals surface area contributed by atoms with E-state index in [2.05, 4.69) is 31.3 Å². The number of methoxy groups -OCH3 is 1. The molecule has 1 aromatic rings. The number of hydrogen-bond donors (Lipinski definition) is 1. The van der Waals surface area contributed by atoms with Crippen molar-refractivity contribution in [3.8, 4) is 5.75 Å². The van der Waals surface area contributed by atoms with Crippen LogP contribution in [0.25, 0.3) is 0 Å². The molecule has 0 aromatic heterocycles. The molecule has 1 aliphatic carbocycles. The SMILES string of the molecule is COc1c(C)cc(C2NCCC23CCCCC3)cc1C. The van der Waals surface area contributed by atoms with Crippen LogP contribution in [0.1, 0.15) is 61.3 Å². The summed E-state index contributed by atoms with van der Waals surface area (Å²) in [4.78, 5) is 0. The van der Waals surface area contributed by atoms with E-state index in [4.69, 9.17) is 4.74 Å². The van der Waals surface area contributed by atoms with Crippen molar-refractivity contribution >= 4 is 0 Å². The molecule has 1 heterocycles. The fourth-order valence-electron chi connectivity index (χ4n) is 4.56. The van der Waals surface area contributed by atoms with Gasteiger partial charge in [0, 0.05) is 6.04 Å². The van der Waals surface area contributed by atoms with Gasteiger partial charge in [-0.2, -0.15) is 0 Å². The predicted octanol–water partition coefficient (Wildman–Crippen LogP) is 4.30. The standard InChI is InChI=1S/C18H27NO/c1-13-11-15(12-14(2)16(13)20-3)17-18(9-10-19-17)7-5-4-6-8-18/h11-12,17,19H,4-10H2,1-3H3. The summed E-state index contributed by atoms with van der Waals surface area (Å²) in [6.07, 6.45) is 8.39. The van der Waals surface area contributed by atoms with Gasteiger partial charge in [-0.15, -0.1) is 0 Å². The first-order valence-corrected chi connectivity index (χ1v) is 8.05. The highest BCUT2D eigenvalue weighted by atomic mass is 16.5. The molecule has 1 spiro atoms. The molecule has 1 unspecified atom stereocenters. The second-order valence-corrected chi connectivity index (χ2v) is 6.75. The van der Waals surface area contributed by atoms with Crippen LogP contribution in [-0.4, -0.2) is 13.7 Å². The minimum absolute atomic E-state index is 0.520.